The van der Waals surface area contributed by atoms with Crippen molar-refractivity contribution in [3.63, 3.8) is 0 Å². The molecule has 20 nitrogen and oxygen atoms in total. The summed E-state index contributed by atoms with van der Waals surface area (Å²) in [6, 6.07) is 30.3. The summed E-state index contributed by atoms with van der Waals surface area (Å²) in [6.07, 6.45) is 0. The quantitative estimate of drug-likeness (QED) is 0.0177. The Labute approximate surface area is 515 Å². The maximum absolute atomic E-state index is 14.5. The topological polar surface area (TPSA) is 270 Å². The fourth-order valence-corrected chi connectivity index (χ4v) is 9.95. The fraction of sp³-hybridized carbons (Fsp3) is 0.344. The number of ether oxygens (including phenoxy) is 7. The van der Waals surface area contributed by atoms with E-state index >= 15 is 0 Å². The molecule has 0 spiro atoms. The van der Waals surface area contributed by atoms with Gasteiger partial charge < -0.3 is 69.7 Å². The molecule has 2 aliphatic rings. The van der Waals surface area contributed by atoms with E-state index in [2.05, 4.69) is 19.9 Å². The molecule has 0 saturated heterocycles. The first-order valence-corrected chi connectivity index (χ1v) is 29.1. The highest BCUT2D eigenvalue weighted by molar-refractivity contribution is 6.17. The van der Waals surface area contributed by atoms with Crippen molar-refractivity contribution in [2.45, 2.75) is 38.7 Å². The summed E-state index contributed by atoms with van der Waals surface area (Å²) in [4.78, 5) is 47.5. The summed E-state index contributed by atoms with van der Waals surface area (Å²) >= 11 is 5.97. The van der Waals surface area contributed by atoms with Gasteiger partial charge in [0.05, 0.1) is 123 Å². The van der Waals surface area contributed by atoms with Crippen LogP contribution >= 0.6 is 11.6 Å². The molecule has 2 aromatic heterocycles. The van der Waals surface area contributed by atoms with Crippen LogP contribution in [-0.4, -0.2) is 163 Å². The second kappa shape index (κ2) is 34.2. The Bertz CT molecular complexity index is 3610. The maximum atomic E-state index is 14.5. The lowest BCUT2D eigenvalue weighted by Gasteiger charge is -2.17. The number of nitrogen functional groups attached to an aromatic ring is 2. The van der Waals surface area contributed by atoms with E-state index in [-0.39, 0.29) is 87.2 Å². The number of amides is 2. The highest BCUT2D eigenvalue weighted by atomic mass is 35.5. The van der Waals surface area contributed by atoms with Gasteiger partial charge in [0, 0.05) is 42.8 Å². The molecule has 472 valence electrons. The van der Waals surface area contributed by atoms with Crippen molar-refractivity contribution in [3.8, 4) is 22.3 Å². The first-order valence-electron chi connectivity index (χ1n) is 28.6. The molecule has 6 aromatic carbocycles. The molecule has 0 atom stereocenters. The Morgan fingerprint density at radius 1 is 0.438 bits per heavy atom. The lowest BCUT2D eigenvalue weighted by molar-refractivity contribution is -0.00741. The van der Waals surface area contributed by atoms with Crippen LogP contribution in [0.4, 0.5) is 29.5 Å². The highest BCUT2D eigenvalue weighted by Crippen LogP contribution is 2.35. The molecule has 0 radical (unpaired) electrons. The zero-order valence-corrected chi connectivity index (χ0v) is 49.4. The number of rotatable bonds is 28. The largest absolute Gasteiger partial charge is 0.394 e. The zero-order chi connectivity index (χ0) is 63.1. The maximum Gasteiger partial charge on any atom is 0.273 e. The number of halogens is 5. The smallest absolute Gasteiger partial charge is 0.273 e. The van der Waals surface area contributed by atoms with Crippen molar-refractivity contribution < 1.29 is 75.6 Å². The molecular weight excluding hydrogens is 1180 g/mol. The first-order chi connectivity index (χ1) is 43.3. The van der Waals surface area contributed by atoms with Gasteiger partial charge in [0.25, 0.3) is 11.8 Å². The van der Waals surface area contributed by atoms with E-state index in [1.807, 2.05) is 48.5 Å². The standard InChI is InChI=1S/C32H34F2N4O6.C24H17ClF2N4O.C8H18O5/c33-27-16-24(20-44-14-13-43-12-11-42-10-9-41-8-7-39)25(17-28(27)34)21-5-6-29-26(15-21)30(37-32(35)36-29)31(40)38-18-22-3-1-2-4-23(22)19-38;25-10-16-8-19(26)20(27)9-17(16)13-5-6-21-18(7-13)22(30-24(28)29-21)23(32)31-11-14-3-1-2-4-15(14)12-31;9-1-3-11-5-7-13-8-6-12-4-2-10/h1-6,15-17,39H,7-14,18-20H2,(H2,35,36,37);1-9H,10-12H2,(H2,28,29,30);9-10H,1-8H2. The highest BCUT2D eigenvalue weighted by Gasteiger charge is 2.29. The summed E-state index contributed by atoms with van der Waals surface area (Å²) in [6.45, 7) is 6.87. The Morgan fingerprint density at radius 3 is 1.12 bits per heavy atom. The van der Waals surface area contributed by atoms with Crippen molar-refractivity contribution in [1.29, 1.82) is 0 Å². The number of benzene rings is 6. The average molecular weight is 1250 g/mol. The molecule has 10 rings (SSSR count). The monoisotopic (exact) mass is 1250 g/mol. The molecule has 0 unspecified atom stereocenters. The minimum atomic E-state index is -1.01. The van der Waals surface area contributed by atoms with E-state index < -0.39 is 23.3 Å². The Kier molecular flexibility index (Phi) is 25.8. The average Bonchev–Trinajstić information content (AvgIpc) is 1.88. The third kappa shape index (κ3) is 18.6. The molecule has 2 amide bonds. The lowest BCUT2D eigenvalue weighted by atomic mass is 9.97. The summed E-state index contributed by atoms with van der Waals surface area (Å²) in [5.74, 6) is -4.57. The minimum Gasteiger partial charge on any atom is -0.394 e. The summed E-state index contributed by atoms with van der Waals surface area (Å²) in [5, 5.41) is 26.3. The van der Waals surface area contributed by atoms with Gasteiger partial charge >= 0.3 is 0 Å². The van der Waals surface area contributed by atoms with Crippen LogP contribution in [0.3, 0.4) is 0 Å². The molecule has 0 bridgehead atoms. The van der Waals surface area contributed by atoms with E-state index in [1.165, 1.54) is 0 Å². The summed E-state index contributed by atoms with van der Waals surface area (Å²) < 4.78 is 93.1. The Balaban J connectivity index is 0.000000198. The number of nitrogens with two attached hydrogens (primary N) is 2. The molecule has 8 aromatic rings. The molecule has 25 heteroatoms. The number of nitrogens with zero attached hydrogens (tertiary/aromatic N) is 6. The molecule has 0 aliphatic carbocycles. The van der Waals surface area contributed by atoms with Gasteiger partial charge in [-0.05, 0) is 104 Å². The molecule has 89 heavy (non-hydrogen) atoms. The summed E-state index contributed by atoms with van der Waals surface area (Å²) in [5.41, 5.74) is 20.2. The van der Waals surface area contributed by atoms with E-state index in [0.717, 1.165) is 46.5 Å². The molecule has 4 heterocycles. The number of aliphatic hydroxyl groups excluding tert-OH is 3. The SMILES string of the molecule is Nc1nc(C(=O)N2Cc3ccccc3C2)c2cc(-c3cc(F)c(F)cc3CCl)ccc2n1.Nc1nc(C(=O)N2Cc3ccccc3C2)c2cc(-c3cc(F)c(F)cc3COCCOCCOCCOCCO)ccc2n1.OCCOCCOCCOCCO. The third-order valence-electron chi connectivity index (χ3n) is 14.0. The van der Waals surface area contributed by atoms with E-state index in [4.69, 9.17) is 71.5 Å². The number of fused-ring (bicyclic) bond motifs is 4. The van der Waals surface area contributed by atoms with Crippen molar-refractivity contribution in [3.05, 3.63) is 177 Å². The Hall–Kier alpha value is -7.85. The van der Waals surface area contributed by atoms with Gasteiger partial charge in [0.1, 0.15) is 11.4 Å². The van der Waals surface area contributed by atoms with Crippen LogP contribution < -0.4 is 11.5 Å². The number of hydrogen-bond donors (Lipinski definition) is 5. The van der Waals surface area contributed by atoms with Gasteiger partial charge in [0.15, 0.2) is 23.3 Å². The second-order valence-corrected chi connectivity index (χ2v) is 20.3. The number of aromatic nitrogens is 4. The van der Waals surface area contributed by atoms with Crippen LogP contribution in [0.1, 0.15) is 54.4 Å². The van der Waals surface area contributed by atoms with Crippen LogP contribution in [0.15, 0.2) is 109 Å². The minimum absolute atomic E-state index is 0.000627. The van der Waals surface area contributed by atoms with Gasteiger partial charge in [-0.25, -0.2) is 37.5 Å². The van der Waals surface area contributed by atoms with Gasteiger partial charge in [-0.15, -0.1) is 11.6 Å². The van der Waals surface area contributed by atoms with Crippen LogP contribution in [0.25, 0.3) is 44.1 Å². The Morgan fingerprint density at radius 2 is 0.764 bits per heavy atom. The number of anilines is 2. The molecule has 7 N–H and O–H groups in total. The van der Waals surface area contributed by atoms with Gasteiger partial charge in [-0.2, -0.15) is 0 Å². The van der Waals surface area contributed by atoms with Crippen molar-refractivity contribution in [2.75, 3.05) is 117 Å². The number of aliphatic hydroxyl groups is 3. The molecule has 0 fully saturated rings. The van der Waals surface area contributed by atoms with Gasteiger partial charge in [-0.3, -0.25) is 9.59 Å². The van der Waals surface area contributed by atoms with Crippen molar-refractivity contribution >= 4 is 57.1 Å². The number of alkyl halides is 1. The number of carbonyl (C=O) groups is 2. The first kappa shape index (κ1) is 67.1. The molecule has 2 aliphatic heterocycles. The lowest BCUT2D eigenvalue weighted by Crippen LogP contribution is -2.27. The van der Waals surface area contributed by atoms with Crippen molar-refractivity contribution in [1.82, 2.24) is 29.7 Å². The third-order valence-corrected chi connectivity index (χ3v) is 14.3. The molecule has 0 saturated carbocycles. The van der Waals surface area contributed by atoms with Crippen LogP contribution in [0, 0.1) is 23.3 Å². The normalized spacial score (nSPS) is 12.4. The second-order valence-electron chi connectivity index (χ2n) is 20.1. The van der Waals surface area contributed by atoms with Crippen LogP contribution in [-0.2, 0) is 71.8 Å². The van der Waals surface area contributed by atoms with E-state index in [0.29, 0.717) is 147 Å². The molecular formula is C64H69ClF4N8O12. The fourth-order valence-electron chi connectivity index (χ4n) is 9.73. The van der Waals surface area contributed by atoms with Crippen molar-refractivity contribution in [2.24, 2.45) is 0 Å². The van der Waals surface area contributed by atoms with Gasteiger partial charge in [-0.1, -0.05) is 60.7 Å². The predicted molar refractivity (Wildman–Crippen MR) is 324 cm³/mol. The van der Waals surface area contributed by atoms with E-state index in [1.54, 1.807) is 46.2 Å². The summed E-state index contributed by atoms with van der Waals surface area (Å²) in [7, 11) is 0. The number of carbonyl (C=O) groups excluding carboxylic acids is 2. The predicted octanol–water partition coefficient (Wildman–Crippen LogP) is 7.94. The van der Waals surface area contributed by atoms with Crippen LogP contribution in [0.2, 0.25) is 0 Å². The van der Waals surface area contributed by atoms with Gasteiger partial charge in [0.2, 0.25) is 11.9 Å². The number of hydrogen-bond acceptors (Lipinski definition) is 18. The zero-order valence-electron chi connectivity index (χ0n) is 48.7. The van der Waals surface area contributed by atoms with E-state index in [9.17, 15) is 27.2 Å². The van der Waals surface area contributed by atoms with Crippen LogP contribution in [0.5, 0.6) is 0 Å².